The van der Waals surface area contributed by atoms with E-state index in [2.05, 4.69) is 6.92 Å². The number of ketones is 1. The summed E-state index contributed by atoms with van der Waals surface area (Å²) in [5.41, 5.74) is 0.762. The quantitative estimate of drug-likeness (QED) is 0.713. The fraction of sp³-hybridized carbons (Fsp3) is 0.462. The highest BCUT2D eigenvalue weighted by atomic mass is 32.2. The molecular weight excluding hydrogens is 220 g/mol. The Morgan fingerprint density at radius 1 is 1.38 bits per heavy atom. The molecule has 0 N–H and O–H groups in total. The second-order valence-corrected chi connectivity index (χ2v) is 4.92. The van der Waals surface area contributed by atoms with Gasteiger partial charge in [0.2, 0.25) is 0 Å². The Labute approximate surface area is 101 Å². The van der Waals surface area contributed by atoms with Crippen molar-refractivity contribution in [3.63, 3.8) is 0 Å². The number of rotatable bonds is 6. The fourth-order valence-corrected chi connectivity index (χ4v) is 2.03. The largest absolute Gasteiger partial charge is 0.380 e. The van der Waals surface area contributed by atoms with Gasteiger partial charge in [-0.05, 0) is 6.26 Å². The van der Waals surface area contributed by atoms with E-state index >= 15 is 0 Å². The van der Waals surface area contributed by atoms with Crippen molar-refractivity contribution in [3.8, 4) is 0 Å². The van der Waals surface area contributed by atoms with Crippen molar-refractivity contribution in [1.29, 1.82) is 0 Å². The third-order valence-electron chi connectivity index (χ3n) is 2.68. The summed E-state index contributed by atoms with van der Waals surface area (Å²) in [6.45, 7) is 2.08. The lowest BCUT2D eigenvalue weighted by Gasteiger charge is -2.20. The number of methoxy groups -OCH3 is 1. The van der Waals surface area contributed by atoms with E-state index in [1.165, 1.54) is 0 Å². The lowest BCUT2D eigenvalue weighted by molar-refractivity contribution is 0.0738. The van der Waals surface area contributed by atoms with Gasteiger partial charge in [-0.3, -0.25) is 4.79 Å². The molecule has 3 heteroatoms. The molecule has 2 atom stereocenters. The van der Waals surface area contributed by atoms with Crippen LogP contribution in [0.15, 0.2) is 30.3 Å². The number of hydrogen-bond acceptors (Lipinski definition) is 3. The van der Waals surface area contributed by atoms with Gasteiger partial charge in [0, 0.05) is 24.3 Å². The summed E-state index contributed by atoms with van der Waals surface area (Å²) in [5, 5.41) is 0.331. The molecule has 0 saturated heterocycles. The summed E-state index contributed by atoms with van der Waals surface area (Å²) in [4.78, 5) is 11.9. The van der Waals surface area contributed by atoms with Crippen LogP contribution in [0.3, 0.4) is 0 Å². The summed E-state index contributed by atoms with van der Waals surface area (Å²) < 4.78 is 5.35. The van der Waals surface area contributed by atoms with E-state index in [0.717, 1.165) is 5.56 Å². The van der Waals surface area contributed by atoms with Gasteiger partial charge in [-0.15, -0.1) is 0 Å². The van der Waals surface area contributed by atoms with E-state index in [1.807, 2.05) is 36.6 Å². The number of carbonyl (C=O) groups excluding carboxylic acids is 1. The molecule has 2 nitrogen and oxygen atoms in total. The highest BCUT2D eigenvalue weighted by Gasteiger charge is 2.20. The lowest BCUT2D eigenvalue weighted by atomic mass is 10.0. The topological polar surface area (TPSA) is 26.3 Å². The molecule has 1 aromatic carbocycles. The van der Waals surface area contributed by atoms with E-state index in [-0.39, 0.29) is 11.9 Å². The summed E-state index contributed by atoms with van der Waals surface area (Å²) >= 11 is 1.72. The van der Waals surface area contributed by atoms with Crippen molar-refractivity contribution in [1.82, 2.24) is 0 Å². The maximum absolute atomic E-state index is 11.9. The van der Waals surface area contributed by atoms with Crippen LogP contribution in [0.4, 0.5) is 0 Å². The number of hydrogen-bond donors (Lipinski definition) is 0. The van der Waals surface area contributed by atoms with Crippen molar-refractivity contribution in [2.45, 2.75) is 24.7 Å². The van der Waals surface area contributed by atoms with E-state index < -0.39 is 0 Å². The van der Waals surface area contributed by atoms with Crippen LogP contribution in [0.2, 0.25) is 0 Å². The number of carbonyl (C=O) groups is 1. The van der Waals surface area contributed by atoms with Gasteiger partial charge in [-0.1, -0.05) is 37.3 Å². The predicted octanol–water partition coefficient (Wildman–Crippen LogP) is 3.03. The summed E-state index contributed by atoms with van der Waals surface area (Å²) in [5.74, 6) is 0.147. The molecular formula is C13H18O2S. The summed E-state index contributed by atoms with van der Waals surface area (Å²) in [7, 11) is 1.66. The molecule has 0 aliphatic heterocycles. The highest BCUT2D eigenvalue weighted by Crippen LogP contribution is 2.18. The van der Waals surface area contributed by atoms with Crippen molar-refractivity contribution in [2.24, 2.45) is 0 Å². The molecule has 16 heavy (non-hydrogen) atoms. The number of ether oxygens (including phenoxy) is 1. The first kappa shape index (κ1) is 13.3. The van der Waals surface area contributed by atoms with Crippen LogP contribution in [0.25, 0.3) is 0 Å². The Hall–Kier alpha value is -0.800. The van der Waals surface area contributed by atoms with E-state index in [1.54, 1.807) is 18.9 Å². The van der Waals surface area contributed by atoms with E-state index in [0.29, 0.717) is 11.7 Å². The van der Waals surface area contributed by atoms with Gasteiger partial charge in [0.25, 0.3) is 0 Å². The number of benzene rings is 1. The molecule has 0 unspecified atom stereocenters. The van der Waals surface area contributed by atoms with Crippen LogP contribution >= 0.6 is 11.8 Å². The average Bonchev–Trinajstić information content (AvgIpc) is 2.35. The molecule has 1 rings (SSSR count). The van der Waals surface area contributed by atoms with E-state index in [9.17, 15) is 4.79 Å². The molecule has 0 aliphatic carbocycles. The van der Waals surface area contributed by atoms with Crippen molar-refractivity contribution in [3.05, 3.63) is 35.9 Å². The molecule has 0 saturated carbocycles. The average molecular weight is 238 g/mol. The molecule has 0 amide bonds. The molecule has 1 aromatic rings. The Morgan fingerprint density at radius 3 is 2.50 bits per heavy atom. The van der Waals surface area contributed by atoms with Crippen molar-refractivity contribution in [2.75, 3.05) is 13.4 Å². The Balaban J connectivity index is 2.63. The van der Waals surface area contributed by atoms with Gasteiger partial charge < -0.3 is 4.74 Å². The van der Waals surface area contributed by atoms with Crippen LogP contribution in [0.1, 0.15) is 23.7 Å². The third-order valence-corrected chi connectivity index (χ3v) is 3.73. The zero-order valence-electron chi connectivity index (χ0n) is 9.97. The minimum atomic E-state index is -0.0114. The fourth-order valence-electron chi connectivity index (χ4n) is 1.52. The summed E-state index contributed by atoms with van der Waals surface area (Å²) in [6.07, 6.45) is 2.47. The van der Waals surface area contributed by atoms with Gasteiger partial charge in [0.05, 0.1) is 6.10 Å². The first-order valence-electron chi connectivity index (χ1n) is 5.33. The Morgan fingerprint density at radius 2 is 2.00 bits per heavy atom. The lowest BCUT2D eigenvalue weighted by Crippen LogP contribution is -2.25. The monoisotopic (exact) mass is 238 g/mol. The zero-order valence-corrected chi connectivity index (χ0v) is 10.8. The van der Waals surface area contributed by atoms with Crippen LogP contribution in [-0.4, -0.2) is 30.5 Å². The number of Topliss-reactive ketones (excluding diaryl/α,β-unsaturated/α-hetero) is 1. The molecule has 0 radical (unpaired) electrons. The van der Waals surface area contributed by atoms with Gasteiger partial charge in [-0.25, -0.2) is 0 Å². The molecule has 0 bridgehead atoms. The minimum absolute atomic E-state index is 0.0114. The van der Waals surface area contributed by atoms with Gasteiger partial charge >= 0.3 is 0 Å². The van der Waals surface area contributed by atoms with Crippen LogP contribution in [0.5, 0.6) is 0 Å². The van der Waals surface area contributed by atoms with Crippen molar-refractivity contribution < 1.29 is 9.53 Å². The Bertz CT molecular complexity index is 324. The molecule has 88 valence electrons. The zero-order chi connectivity index (χ0) is 12.0. The van der Waals surface area contributed by atoms with Gasteiger partial charge in [0.1, 0.15) is 0 Å². The maximum Gasteiger partial charge on any atom is 0.165 e. The van der Waals surface area contributed by atoms with Gasteiger partial charge in [0.15, 0.2) is 5.78 Å². The molecule has 0 spiro atoms. The molecule has 0 heterocycles. The SMILES string of the molecule is CO[C@@H](CC(=O)c1ccccc1)[C@H](C)SC. The first-order chi connectivity index (χ1) is 7.69. The molecule has 0 aliphatic rings. The normalized spacial score (nSPS) is 14.4. The van der Waals surface area contributed by atoms with E-state index in [4.69, 9.17) is 4.74 Å². The number of thioether (sulfide) groups is 1. The first-order valence-corrected chi connectivity index (χ1v) is 6.61. The van der Waals surface area contributed by atoms with Crippen LogP contribution in [-0.2, 0) is 4.74 Å². The highest BCUT2D eigenvalue weighted by molar-refractivity contribution is 7.99. The Kier molecular flexibility index (Phi) is 5.56. The third kappa shape index (κ3) is 3.65. The predicted molar refractivity (Wildman–Crippen MR) is 69.2 cm³/mol. The van der Waals surface area contributed by atoms with Crippen LogP contribution in [0, 0.1) is 0 Å². The second-order valence-electron chi connectivity index (χ2n) is 3.71. The maximum atomic E-state index is 11.9. The minimum Gasteiger partial charge on any atom is -0.380 e. The molecule has 0 aromatic heterocycles. The van der Waals surface area contributed by atoms with Crippen molar-refractivity contribution >= 4 is 17.5 Å². The smallest absolute Gasteiger partial charge is 0.165 e. The van der Waals surface area contributed by atoms with Crippen LogP contribution < -0.4 is 0 Å². The standard InChI is InChI=1S/C13H18O2S/c1-10(16-3)13(15-2)9-12(14)11-7-5-4-6-8-11/h4-8,10,13H,9H2,1-3H3/t10-,13-/m0/s1. The summed E-state index contributed by atoms with van der Waals surface area (Å²) in [6, 6.07) is 9.37. The second kappa shape index (κ2) is 6.71. The molecule has 0 fully saturated rings. The van der Waals surface area contributed by atoms with Gasteiger partial charge in [-0.2, -0.15) is 11.8 Å².